The third-order valence-electron chi connectivity index (χ3n) is 3.35. The molecule has 17 heavy (non-hydrogen) atoms. The number of benzene rings is 1. The molecule has 94 valence electrons. The number of rotatable bonds is 4. The summed E-state index contributed by atoms with van der Waals surface area (Å²) in [6, 6.07) is 7.65. The van der Waals surface area contributed by atoms with Crippen molar-refractivity contribution in [1.82, 2.24) is 10.2 Å². The van der Waals surface area contributed by atoms with Gasteiger partial charge in [0.25, 0.3) is 0 Å². The van der Waals surface area contributed by atoms with Gasteiger partial charge in [0.1, 0.15) is 5.82 Å². The molecule has 1 heterocycles. The van der Waals surface area contributed by atoms with Crippen LogP contribution in [0.5, 0.6) is 0 Å². The van der Waals surface area contributed by atoms with Crippen LogP contribution in [0.2, 0.25) is 0 Å². The third kappa shape index (κ3) is 3.51. The van der Waals surface area contributed by atoms with Crippen molar-refractivity contribution < 1.29 is 4.39 Å². The normalized spacial score (nSPS) is 21.6. The lowest BCUT2D eigenvalue weighted by molar-refractivity contribution is 0.183. The summed E-state index contributed by atoms with van der Waals surface area (Å²) >= 11 is 0. The van der Waals surface area contributed by atoms with Gasteiger partial charge in [-0.15, -0.1) is 0 Å². The van der Waals surface area contributed by atoms with E-state index in [1.165, 1.54) is 12.8 Å². The van der Waals surface area contributed by atoms with Gasteiger partial charge < -0.3 is 5.32 Å². The molecule has 1 N–H and O–H groups in total. The van der Waals surface area contributed by atoms with E-state index in [-0.39, 0.29) is 5.82 Å². The van der Waals surface area contributed by atoms with Crippen LogP contribution in [-0.2, 0) is 6.54 Å². The monoisotopic (exact) mass is 236 g/mol. The third-order valence-corrected chi connectivity index (χ3v) is 3.35. The van der Waals surface area contributed by atoms with Crippen LogP contribution in [0.25, 0.3) is 0 Å². The molecular weight excluding hydrogens is 215 g/mol. The molecule has 1 aromatic rings. The molecular formula is C14H21FN2. The van der Waals surface area contributed by atoms with E-state index in [0.717, 1.165) is 31.7 Å². The number of likely N-dealkylation sites (N-methyl/N-ethyl adjacent to an activating group) is 1. The smallest absolute Gasteiger partial charge is 0.127 e. The van der Waals surface area contributed by atoms with Crippen LogP contribution in [0.1, 0.15) is 25.3 Å². The van der Waals surface area contributed by atoms with Crippen molar-refractivity contribution in [2.45, 2.75) is 32.4 Å². The van der Waals surface area contributed by atoms with Crippen molar-refractivity contribution in [1.29, 1.82) is 0 Å². The Morgan fingerprint density at radius 1 is 1.41 bits per heavy atom. The second-order valence-corrected chi connectivity index (χ2v) is 4.72. The lowest BCUT2D eigenvalue weighted by atomic mass is 10.0. The molecule has 1 aliphatic rings. The second kappa shape index (κ2) is 6.12. The molecule has 0 aliphatic carbocycles. The molecule has 0 spiro atoms. The predicted molar refractivity (Wildman–Crippen MR) is 68.4 cm³/mol. The Kier molecular flexibility index (Phi) is 4.51. The number of nitrogens with zero attached hydrogens (tertiary/aromatic N) is 1. The van der Waals surface area contributed by atoms with E-state index in [0.29, 0.717) is 6.04 Å². The van der Waals surface area contributed by atoms with Crippen LogP contribution < -0.4 is 5.32 Å². The van der Waals surface area contributed by atoms with E-state index in [2.05, 4.69) is 17.1 Å². The highest BCUT2D eigenvalue weighted by Gasteiger charge is 2.19. The van der Waals surface area contributed by atoms with Gasteiger partial charge in [0.05, 0.1) is 0 Å². The molecule has 1 atom stereocenters. The maximum atomic E-state index is 13.5. The van der Waals surface area contributed by atoms with Crippen molar-refractivity contribution in [2.24, 2.45) is 0 Å². The van der Waals surface area contributed by atoms with Crippen molar-refractivity contribution in [3.63, 3.8) is 0 Å². The highest BCUT2D eigenvalue weighted by atomic mass is 19.1. The summed E-state index contributed by atoms with van der Waals surface area (Å²) in [7, 11) is 0. The van der Waals surface area contributed by atoms with Crippen LogP contribution in [-0.4, -0.2) is 30.6 Å². The molecule has 0 bridgehead atoms. The zero-order valence-electron chi connectivity index (χ0n) is 10.5. The SMILES string of the molecule is CCNC1CCCN(Cc2ccccc2F)C1. The Balaban J connectivity index is 1.92. The molecule has 1 aliphatic heterocycles. The largest absolute Gasteiger partial charge is 0.313 e. The minimum atomic E-state index is -0.0851. The Hall–Kier alpha value is -0.930. The van der Waals surface area contributed by atoms with Crippen LogP contribution in [0, 0.1) is 5.82 Å². The van der Waals surface area contributed by atoms with Gasteiger partial charge in [0, 0.05) is 24.7 Å². The zero-order valence-corrected chi connectivity index (χ0v) is 10.5. The van der Waals surface area contributed by atoms with Crippen LogP contribution >= 0.6 is 0 Å². The summed E-state index contributed by atoms with van der Waals surface area (Å²) in [5.41, 5.74) is 0.810. The standard InChI is InChI=1S/C14H21FN2/c1-2-16-13-7-5-9-17(11-13)10-12-6-3-4-8-14(12)15/h3-4,6,8,13,16H,2,5,7,9-11H2,1H3. The first kappa shape index (κ1) is 12.5. The molecule has 1 fully saturated rings. The van der Waals surface area contributed by atoms with Gasteiger partial charge in [-0.2, -0.15) is 0 Å². The first-order valence-electron chi connectivity index (χ1n) is 6.48. The zero-order chi connectivity index (χ0) is 12.1. The van der Waals surface area contributed by atoms with E-state index in [1.807, 2.05) is 12.1 Å². The Labute approximate surface area is 103 Å². The van der Waals surface area contributed by atoms with Gasteiger partial charge in [0.15, 0.2) is 0 Å². The summed E-state index contributed by atoms with van der Waals surface area (Å²) in [5, 5.41) is 3.48. The molecule has 1 unspecified atom stereocenters. The predicted octanol–water partition coefficient (Wildman–Crippen LogP) is 2.40. The van der Waals surface area contributed by atoms with Crippen molar-refractivity contribution in [2.75, 3.05) is 19.6 Å². The summed E-state index contributed by atoms with van der Waals surface area (Å²) in [4.78, 5) is 2.34. The molecule has 0 saturated carbocycles. The molecule has 0 amide bonds. The topological polar surface area (TPSA) is 15.3 Å². The average molecular weight is 236 g/mol. The van der Waals surface area contributed by atoms with Gasteiger partial charge in [0.2, 0.25) is 0 Å². The molecule has 1 saturated heterocycles. The summed E-state index contributed by atoms with van der Waals surface area (Å²) in [6.07, 6.45) is 2.44. The molecule has 0 aromatic heterocycles. The van der Waals surface area contributed by atoms with Gasteiger partial charge >= 0.3 is 0 Å². The number of likely N-dealkylation sites (tertiary alicyclic amines) is 1. The molecule has 0 radical (unpaired) electrons. The fourth-order valence-corrected chi connectivity index (χ4v) is 2.52. The lowest BCUT2D eigenvalue weighted by Crippen LogP contribution is -2.45. The average Bonchev–Trinajstić information content (AvgIpc) is 2.33. The van der Waals surface area contributed by atoms with Crippen molar-refractivity contribution in [3.05, 3.63) is 35.6 Å². The van der Waals surface area contributed by atoms with E-state index in [9.17, 15) is 4.39 Å². The second-order valence-electron chi connectivity index (χ2n) is 4.72. The van der Waals surface area contributed by atoms with Crippen molar-refractivity contribution >= 4 is 0 Å². The van der Waals surface area contributed by atoms with E-state index in [4.69, 9.17) is 0 Å². The number of nitrogens with one attached hydrogen (secondary N) is 1. The minimum Gasteiger partial charge on any atom is -0.313 e. The quantitative estimate of drug-likeness (QED) is 0.863. The van der Waals surface area contributed by atoms with Crippen LogP contribution in [0.15, 0.2) is 24.3 Å². The number of hydrogen-bond acceptors (Lipinski definition) is 2. The first-order chi connectivity index (χ1) is 8.29. The number of hydrogen-bond donors (Lipinski definition) is 1. The fraction of sp³-hybridized carbons (Fsp3) is 0.571. The van der Waals surface area contributed by atoms with Gasteiger partial charge in [-0.3, -0.25) is 4.90 Å². The summed E-state index contributed by atoms with van der Waals surface area (Å²) in [6.45, 7) is 5.99. The van der Waals surface area contributed by atoms with Gasteiger partial charge in [-0.05, 0) is 32.0 Å². The van der Waals surface area contributed by atoms with E-state index >= 15 is 0 Å². The summed E-state index contributed by atoms with van der Waals surface area (Å²) in [5.74, 6) is -0.0851. The first-order valence-corrected chi connectivity index (χ1v) is 6.48. The maximum Gasteiger partial charge on any atom is 0.127 e. The Bertz CT molecular complexity index is 352. The van der Waals surface area contributed by atoms with Crippen LogP contribution in [0.4, 0.5) is 4.39 Å². The highest BCUT2D eigenvalue weighted by Crippen LogP contribution is 2.15. The Morgan fingerprint density at radius 3 is 3.00 bits per heavy atom. The molecule has 2 rings (SSSR count). The molecule has 2 nitrogen and oxygen atoms in total. The van der Waals surface area contributed by atoms with E-state index in [1.54, 1.807) is 12.1 Å². The number of halogens is 1. The fourth-order valence-electron chi connectivity index (χ4n) is 2.52. The van der Waals surface area contributed by atoms with Crippen molar-refractivity contribution in [3.8, 4) is 0 Å². The Morgan fingerprint density at radius 2 is 2.24 bits per heavy atom. The van der Waals surface area contributed by atoms with Crippen LogP contribution in [0.3, 0.4) is 0 Å². The molecule has 1 aromatic carbocycles. The summed E-state index contributed by atoms with van der Waals surface area (Å²) < 4.78 is 13.5. The van der Waals surface area contributed by atoms with Gasteiger partial charge in [-0.1, -0.05) is 25.1 Å². The maximum absolute atomic E-state index is 13.5. The minimum absolute atomic E-state index is 0.0851. The molecule has 3 heteroatoms. The highest BCUT2D eigenvalue weighted by molar-refractivity contribution is 5.17. The van der Waals surface area contributed by atoms with Gasteiger partial charge in [-0.25, -0.2) is 4.39 Å². The lowest BCUT2D eigenvalue weighted by Gasteiger charge is -2.33. The number of piperidine rings is 1. The van der Waals surface area contributed by atoms with E-state index < -0.39 is 0 Å².